The zero-order valence-corrected chi connectivity index (χ0v) is 10.3. The zero-order chi connectivity index (χ0) is 11.0. The third-order valence-electron chi connectivity index (χ3n) is 2.76. The molecule has 1 aliphatic heterocycles. The Balaban J connectivity index is 2.09. The molecule has 84 valence electrons. The lowest BCUT2D eigenvalue weighted by Gasteiger charge is -2.23. The van der Waals surface area contributed by atoms with Crippen LogP contribution in [0, 0.1) is 0 Å². The van der Waals surface area contributed by atoms with E-state index in [9.17, 15) is 0 Å². The average Bonchev–Trinajstić information content (AvgIpc) is 2.75. The Kier molecular flexibility index (Phi) is 2.67. The molecule has 0 saturated carbocycles. The van der Waals surface area contributed by atoms with Crippen molar-refractivity contribution in [3.05, 3.63) is 34.8 Å². The van der Waals surface area contributed by atoms with Gasteiger partial charge in [0, 0.05) is 6.54 Å². The maximum atomic E-state index is 5.46. The van der Waals surface area contributed by atoms with Crippen LogP contribution in [0.4, 0.5) is 0 Å². The van der Waals surface area contributed by atoms with Crippen molar-refractivity contribution in [2.24, 2.45) is 0 Å². The van der Waals surface area contributed by atoms with Crippen LogP contribution in [0.1, 0.15) is 11.9 Å². The molecule has 2 aromatic rings. The summed E-state index contributed by atoms with van der Waals surface area (Å²) >= 11 is 3.55. The number of hydrogen-bond acceptors (Lipinski definition) is 3. The molecular weight excluding hydrogens is 270 g/mol. The molecule has 0 spiro atoms. The first-order chi connectivity index (χ1) is 7.86. The van der Waals surface area contributed by atoms with Gasteiger partial charge in [0.05, 0.1) is 35.6 Å². The van der Waals surface area contributed by atoms with E-state index >= 15 is 0 Å². The number of rotatable bonds is 1. The van der Waals surface area contributed by atoms with Gasteiger partial charge in [-0.3, -0.25) is 4.40 Å². The van der Waals surface area contributed by atoms with Gasteiger partial charge in [0.2, 0.25) is 0 Å². The number of fused-ring (bicyclic) bond motifs is 1. The number of pyridine rings is 1. The fourth-order valence-electron chi connectivity index (χ4n) is 2.01. The van der Waals surface area contributed by atoms with E-state index in [1.807, 2.05) is 24.4 Å². The van der Waals surface area contributed by atoms with Crippen molar-refractivity contribution in [3.8, 4) is 0 Å². The normalized spacial score (nSPS) is 21.4. The molecule has 2 aromatic heterocycles. The Morgan fingerprint density at radius 2 is 2.44 bits per heavy atom. The van der Waals surface area contributed by atoms with Gasteiger partial charge in [-0.1, -0.05) is 6.07 Å². The van der Waals surface area contributed by atoms with Gasteiger partial charge in [0.1, 0.15) is 5.82 Å². The molecule has 0 aliphatic carbocycles. The molecule has 0 aromatic carbocycles. The minimum atomic E-state index is 0.176. The van der Waals surface area contributed by atoms with E-state index in [1.54, 1.807) is 0 Å². The van der Waals surface area contributed by atoms with Crippen LogP contribution in [-0.4, -0.2) is 29.1 Å². The summed E-state index contributed by atoms with van der Waals surface area (Å²) < 4.78 is 8.59. The summed E-state index contributed by atoms with van der Waals surface area (Å²) in [5.41, 5.74) is 1.09. The van der Waals surface area contributed by atoms with E-state index in [0.29, 0.717) is 6.61 Å². The SMILES string of the molecule is Brc1cccc2cnc(C3COCCN3)n12. The maximum Gasteiger partial charge on any atom is 0.133 e. The summed E-state index contributed by atoms with van der Waals surface area (Å²) in [6.45, 7) is 2.34. The molecule has 0 radical (unpaired) electrons. The summed E-state index contributed by atoms with van der Waals surface area (Å²) in [5, 5.41) is 3.41. The lowest BCUT2D eigenvalue weighted by atomic mass is 10.2. The molecule has 4 nitrogen and oxygen atoms in total. The van der Waals surface area contributed by atoms with Crippen molar-refractivity contribution in [2.45, 2.75) is 6.04 Å². The summed E-state index contributed by atoms with van der Waals surface area (Å²) in [6, 6.07) is 6.25. The molecule has 1 aliphatic rings. The molecule has 1 atom stereocenters. The van der Waals surface area contributed by atoms with Crippen molar-refractivity contribution in [1.82, 2.24) is 14.7 Å². The summed E-state index contributed by atoms with van der Waals surface area (Å²) in [6.07, 6.45) is 1.89. The summed E-state index contributed by atoms with van der Waals surface area (Å²) in [4.78, 5) is 4.47. The van der Waals surface area contributed by atoms with E-state index in [-0.39, 0.29) is 6.04 Å². The van der Waals surface area contributed by atoms with Gasteiger partial charge in [-0.25, -0.2) is 4.98 Å². The molecule has 1 fully saturated rings. The number of halogens is 1. The monoisotopic (exact) mass is 281 g/mol. The van der Waals surface area contributed by atoms with Crippen LogP contribution in [0.3, 0.4) is 0 Å². The standard InChI is InChI=1S/C11H12BrN3O/c12-10-3-1-2-8-6-14-11(15(8)10)9-7-16-5-4-13-9/h1-3,6,9,13H,4-5,7H2. The minimum Gasteiger partial charge on any atom is -0.378 e. The van der Waals surface area contributed by atoms with Crippen LogP contribution in [0.5, 0.6) is 0 Å². The molecule has 0 bridgehead atoms. The highest BCUT2D eigenvalue weighted by molar-refractivity contribution is 9.10. The first-order valence-electron chi connectivity index (χ1n) is 5.29. The molecular formula is C11H12BrN3O. The lowest BCUT2D eigenvalue weighted by Crippen LogP contribution is -2.35. The molecule has 1 unspecified atom stereocenters. The Morgan fingerprint density at radius 3 is 3.25 bits per heavy atom. The van der Waals surface area contributed by atoms with Crippen LogP contribution in [0.25, 0.3) is 5.52 Å². The third-order valence-corrected chi connectivity index (χ3v) is 3.38. The number of nitrogens with zero attached hydrogens (tertiary/aromatic N) is 2. The topological polar surface area (TPSA) is 38.6 Å². The van der Waals surface area contributed by atoms with Crippen molar-refractivity contribution >= 4 is 21.4 Å². The van der Waals surface area contributed by atoms with Crippen LogP contribution in [-0.2, 0) is 4.74 Å². The predicted molar refractivity (Wildman–Crippen MR) is 64.5 cm³/mol. The van der Waals surface area contributed by atoms with Crippen molar-refractivity contribution < 1.29 is 4.74 Å². The van der Waals surface area contributed by atoms with E-state index in [0.717, 1.165) is 29.1 Å². The van der Waals surface area contributed by atoms with Gasteiger partial charge >= 0.3 is 0 Å². The van der Waals surface area contributed by atoms with E-state index in [1.165, 1.54) is 0 Å². The first kappa shape index (κ1) is 10.3. The quantitative estimate of drug-likeness (QED) is 0.810. The highest BCUT2D eigenvalue weighted by Crippen LogP contribution is 2.21. The number of aromatic nitrogens is 2. The number of imidazole rings is 1. The van der Waals surface area contributed by atoms with Crippen LogP contribution < -0.4 is 5.32 Å². The minimum absolute atomic E-state index is 0.176. The number of morpholine rings is 1. The maximum absolute atomic E-state index is 5.46. The van der Waals surface area contributed by atoms with Crippen molar-refractivity contribution in [3.63, 3.8) is 0 Å². The number of ether oxygens (including phenoxy) is 1. The first-order valence-corrected chi connectivity index (χ1v) is 6.08. The second kappa shape index (κ2) is 4.16. The summed E-state index contributed by atoms with van der Waals surface area (Å²) in [5.74, 6) is 1.00. The van der Waals surface area contributed by atoms with Crippen LogP contribution in [0.2, 0.25) is 0 Å². The van der Waals surface area contributed by atoms with Gasteiger partial charge in [0.15, 0.2) is 0 Å². The molecule has 1 saturated heterocycles. The second-order valence-electron chi connectivity index (χ2n) is 3.81. The smallest absolute Gasteiger partial charge is 0.133 e. The van der Waals surface area contributed by atoms with Crippen molar-refractivity contribution in [2.75, 3.05) is 19.8 Å². The summed E-state index contributed by atoms with van der Waals surface area (Å²) in [7, 11) is 0. The molecule has 3 rings (SSSR count). The fourth-order valence-corrected chi connectivity index (χ4v) is 2.55. The van der Waals surface area contributed by atoms with E-state index in [2.05, 4.69) is 30.6 Å². The van der Waals surface area contributed by atoms with Gasteiger partial charge in [-0.15, -0.1) is 0 Å². The largest absolute Gasteiger partial charge is 0.378 e. The van der Waals surface area contributed by atoms with Gasteiger partial charge in [-0.2, -0.15) is 0 Å². The third kappa shape index (κ3) is 1.65. The Bertz CT molecular complexity index is 505. The lowest BCUT2D eigenvalue weighted by molar-refractivity contribution is 0.0740. The molecule has 3 heterocycles. The molecule has 0 amide bonds. The second-order valence-corrected chi connectivity index (χ2v) is 4.62. The fraction of sp³-hybridized carbons (Fsp3) is 0.364. The van der Waals surface area contributed by atoms with E-state index < -0.39 is 0 Å². The zero-order valence-electron chi connectivity index (χ0n) is 8.69. The highest BCUT2D eigenvalue weighted by atomic mass is 79.9. The Hall–Kier alpha value is -0.910. The van der Waals surface area contributed by atoms with Crippen LogP contribution >= 0.6 is 15.9 Å². The van der Waals surface area contributed by atoms with Crippen LogP contribution in [0.15, 0.2) is 29.0 Å². The Morgan fingerprint density at radius 1 is 1.50 bits per heavy atom. The van der Waals surface area contributed by atoms with Gasteiger partial charge < -0.3 is 10.1 Å². The number of nitrogens with one attached hydrogen (secondary N) is 1. The molecule has 1 N–H and O–H groups in total. The average molecular weight is 282 g/mol. The van der Waals surface area contributed by atoms with E-state index in [4.69, 9.17) is 4.74 Å². The Labute approximate surface area is 102 Å². The van der Waals surface area contributed by atoms with Crippen molar-refractivity contribution in [1.29, 1.82) is 0 Å². The predicted octanol–water partition coefficient (Wildman–Crippen LogP) is 1.76. The number of hydrogen-bond donors (Lipinski definition) is 1. The highest BCUT2D eigenvalue weighted by Gasteiger charge is 2.20. The van der Waals surface area contributed by atoms with Gasteiger partial charge in [0.25, 0.3) is 0 Å². The molecule has 16 heavy (non-hydrogen) atoms. The molecule has 5 heteroatoms. The van der Waals surface area contributed by atoms with Gasteiger partial charge in [-0.05, 0) is 28.1 Å².